The van der Waals surface area contributed by atoms with Crippen LogP contribution in [-0.4, -0.2) is 39.6 Å². The number of likely N-dealkylation sites (tertiary alicyclic amines) is 1. The monoisotopic (exact) mass is 285 g/mol. The number of nitrogens with zero attached hydrogens (tertiary/aromatic N) is 3. The van der Waals surface area contributed by atoms with Crippen molar-refractivity contribution in [1.29, 1.82) is 0 Å². The van der Waals surface area contributed by atoms with E-state index in [2.05, 4.69) is 32.0 Å². The Labute approximate surface area is 106 Å². The highest BCUT2D eigenvalue weighted by molar-refractivity contribution is 9.09. The lowest BCUT2D eigenvalue weighted by molar-refractivity contribution is 0.324. The summed E-state index contributed by atoms with van der Waals surface area (Å²) in [7, 11) is 2.02. The van der Waals surface area contributed by atoms with Crippen molar-refractivity contribution < 1.29 is 0 Å². The number of aromatic nitrogens is 2. The van der Waals surface area contributed by atoms with E-state index in [9.17, 15) is 0 Å². The van der Waals surface area contributed by atoms with Gasteiger partial charge in [-0.1, -0.05) is 15.9 Å². The summed E-state index contributed by atoms with van der Waals surface area (Å²) >= 11 is 3.53. The predicted molar refractivity (Wildman–Crippen MR) is 69.9 cm³/mol. The van der Waals surface area contributed by atoms with Crippen LogP contribution in [0.25, 0.3) is 0 Å². The number of aryl methyl sites for hydroxylation is 1. The molecule has 0 radical (unpaired) electrons. The minimum absolute atomic E-state index is 0.908. The zero-order valence-electron chi connectivity index (χ0n) is 9.90. The molecule has 1 unspecified atom stereocenters. The van der Waals surface area contributed by atoms with E-state index in [0.717, 1.165) is 17.7 Å². The van der Waals surface area contributed by atoms with Crippen molar-refractivity contribution in [2.24, 2.45) is 13.0 Å². The molecule has 2 heterocycles. The fourth-order valence-corrected chi connectivity index (χ4v) is 3.07. The maximum absolute atomic E-state index is 4.20. The minimum Gasteiger partial charge on any atom is -0.303 e. The summed E-state index contributed by atoms with van der Waals surface area (Å²) in [6, 6.07) is 2.12. The first-order valence-electron chi connectivity index (χ1n) is 6.05. The average molecular weight is 286 g/mol. The van der Waals surface area contributed by atoms with Crippen LogP contribution in [0.3, 0.4) is 0 Å². The van der Waals surface area contributed by atoms with Gasteiger partial charge < -0.3 is 4.90 Å². The van der Waals surface area contributed by atoms with Crippen LogP contribution in [0.4, 0.5) is 0 Å². The number of hydrogen-bond donors (Lipinski definition) is 0. The van der Waals surface area contributed by atoms with E-state index in [1.807, 2.05) is 17.9 Å². The molecular weight excluding hydrogens is 266 g/mol. The number of rotatable bonds is 5. The number of hydrogen-bond acceptors (Lipinski definition) is 2. The van der Waals surface area contributed by atoms with Crippen molar-refractivity contribution in [1.82, 2.24) is 14.7 Å². The average Bonchev–Trinajstić information content (AvgIpc) is 2.86. The van der Waals surface area contributed by atoms with Gasteiger partial charge in [0.2, 0.25) is 0 Å². The van der Waals surface area contributed by atoms with Gasteiger partial charge >= 0.3 is 0 Å². The lowest BCUT2D eigenvalue weighted by Gasteiger charge is -2.15. The zero-order valence-corrected chi connectivity index (χ0v) is 11.5. The van der Waals surface area contributed by atoms with Gasteiger partial charge in [0.25, 0.3) is 0 Å². The van der Waals surface area contributed by atoms with Gasteiger partial charge in [-0.25, -0.2) is 0 Å². The Balaban J connectivity index is 1.74. The molecule has 0 N–H and O–H groups in total. The van der Waals surface area contributed by atoms with Crippen LogP contribution in [0.5, 0.6) is 0 Å². The first-order chi connectivity index (χ1) is 7.79. The lowest BCUT2D eigenvalue weighted by atomic mass is 10.1. The highest BCUT2D eigenvalue weighted by atomic mass is 79.9. The molecule has 1 aliphatic rings. The maximum atomic E-state index is 4.20. The molecule has 90 valence electrons. The Morgan fingerprint density at radius 1 is 1.56 bits per heavy atom. The van der Waals surface area contributed by atoms with Gasteiger partial charge in [-0.15, -0.1) is 0 Å². The molecule has 1 saturated heterocycles. The lowest BCUT2D eigenvalue weighted by Crippen LogP contribution is -2.24. The Hall–Kier alpha value is -0.350. The molecule has 3 nitrogen and oxygen atoms in total. The number of halogens is 1. The minimum atomic E-state index is 0.908. The van der Waals surface area contributed by atoms with Gasteiger partial charge in [0, 0.05) is 43.8 Å². The van der Waals surface area contributed by atoms with E-state index in [-0.39, 0.29) is 0 Å². The molecule has 0 amide bonds. The second kappa shape index (κ2) is 5.82. The smallest absolute Gasteiger partial charge is 0.0492 e. The van der Waals surface area contributed by atoms with Crippen molar-refractivity contribution in [2.45, 2.75) is 19.3 Å². The maximum Gasteiger partial charge on any atom is 0.0492 e. The molecule has 0 spiro atoms. The summed E-state index contributed by atoms with van der Waals surface area (Å²) in [6.07, 6.45) is 5.70. The molecule has 4 heteroatoms. The van der Waals surface area contributed by atoms with Crippen molar-refractivity contribution >= 4 is 15.9 Å². The molecule has 0 saturated carbocycles. The van der Waals surface area contributed by atoms with Gasteiger partial charge in [-0.2, -0.15) is 5.10 Å². The third-order valence-electron chi connectivity index (χ3n) is 3.49. The van der Waals surface area contributed by atoms with Gasteiger partial charge in [-0.3, -0.25) is 4.68 Å². The van der Waals surface area contributed by atoms with Gasteiger partial charge in [0.05, 0.1) is 0 Å². The first-order valence-corrected chi connectivity index (χ1v) is 7.17. The summed E-state index contributed by atoms with van der Waals surface area (Å²) in [5.74, 6) is 0.908. The predicted octanol–water partition coefficient (Wildman–Crippen LogP) is 2.07. The molecule has 0 bridgehead atoms. The summed E-state index contributed by atoms with van der Waals surface area (Å²) < 4.78 is 1.98. The van der Waals surface area contributed by atoms with Crippen LogP contribution in [0.15, 0.2) is 12.3 Å². The highest BCUT2D eigenvalue weighted by Gasteiger charge is 2.21. The van der Waals surface area contributed by atoms with Gasteiger partial charge in [0.15, 0.2) is 0 Å². The summed E-state index contributed by atoms with van der Waals surface area (Å²) in [4.78, 5) is 2.58. The Morgan fingerprint density at radius 3 is 3.12 bits per heavy atom. The fourth-order valence-electron chi connectivity index (χ4n) is 2.43. The molecule has 1 atom stereocenters. The van der Waals surface area contributed by atoms with Crippen molar-refractivity contribution in [3.8, 4) is 0 Å². The summed E-state index contributed by atoms with van der Waals surface area (Å²) in [5, 5.41) is 5.34. The molecule has 1 aliphatic heterocycles. The van der Waals surface area contributed by atoms with Crippen molar-refractivity contribution in [2.75, 3.05) is 25.0 Å². The molecule has 16 heavy (non-hydrogen) atoms. The Bertz CT molecular complexity index is 324. The third-order valence-corrected chi connectivity index (χ3v) is 3.95. The second-order valence-corrected chi connectivity index (χ2v) is 5.42. The van der Waals surface area contributed by atoms with Crippen LogP contribution in [-0.2, 0) is 13.5 Å². The zero-order chi connectivity index (χ0) is 11.4. The third kappa shape index (κ3) is 3.08. The molecule has 1 aromatic heterocycles. The normalized spacial score (nSPS) is 21.8. The second-order valence-electron chi connectivity index (χ2n) is 4.63. The van der Waals surface area contributed by atoms with E-state index >= 15 is 0 Å². The molecule has 2 rings (SSSR count). The Morgan fingerprint density at radius 2 is 2.44 bits per heavy atom. The van der Waals surface area contributed by atoms with E-state index in [0.29, 0.717) is 0 Å². The van der Waals surface area contributed by atoms with Crippen LogP contribution < -0.4 is 0 Å². The van der Waals surface area contributed by atoms with Gasteiger partial charge in [-0.05, 0) is 31.4 Å². The highest BCUT2D eigenvalue weighted by Crippen LogP contribution is 2.20. The summed E-state index contributed by atoms with van der Waals surface area (Å²) in [5.41, 5.74) is 1.34. The van der Waals surface area contributed by atoms with Gasteiger partial charge in [0.1, 0.15) is 0 Å². The molecular formula is C12H20BrN3. The summed E-state index contributed by atoms with van der Waals surface area (Å²) in [6.45, 7) is 3.73. The standard InChI is InChI=1S/C12H20BrN3/c1-15-12(3-7-14-15)5-9-16-8-4-11(10-16)2-6-13/h3,7,11H,2,4-6,8-10H2,1H3. The molecule has 1 aromatic rings. The van der Waals surface area contributed by atoms with Crippen molar-refractivity contribution in [3.05, 3.63) is 18.0 Å². The van der Waals surface area contributed by atoms with E-state index < -0.39 is 0 Å². The van der Waals surface area contributed by atoms with E-state index in [4.69, 9.17) is 0 Å². The first kappa shape index (κ1) is 12.1. The van der Waals surface area contributed by atoms with Crippen molar-refractivity contribution in [3.63, 3.8) is 0 Å². The molecule has 1 fully saturated rings. The largest absolute Gasteiger partial charge is 0.303 e. The van der Waals surface area contributed by atoms with E-state index in [1.165, 1.54) is 38.2 Å². The number of alkyl halides is 1. The quantitative estimate of drug-likeness (QED) is 0.773. The topological polar surface area (TPSA) is 21.1 Å². The Kier molecular flexibility index (Phi) is 4.41. The SMILES string of the molecule is Cn1nccc1CCN1CCC(CCBr)C1. The van der Waals surface area contributed by atoms with E-state index in [1.54, 1.807) is 0 Å². The molecule has 0 aromatic carbocycles. The van der Waals surface area contributed by atoms with Crippen LogP contribution in [0.1, 0.15) is 18.5 Å². The van der Waals surface area contributed by atoms with Crippen LogP contribution in [0.2, 0.25) is 0 Å². The van der Waals surface area contributed by atoms with Crippen LogP contribution in [0, 0.1) is 5.92 Å². The molecule has 0 aliphatic carbocycles. The van der Waals surface area contributed by atoms with Crippen LogP contribution >= 0.6 is 15.9 Å². The fraction of sp³-hybridized carbons (Fsp3) is 0.750.